The third-order valence-electron chi connectivity index (χ3n) is 4.47. The maximum absolute atomic E-state index is 12.5. The number of nitrogens with zero attached hydrogens (tertiary/aromatic N) is 1. The maximum Gasteiger partial charge on any atom is 0.255 e. The molecule has 1 aliphatic heterocycles. The summed E-state index contributed by atoms with van der Waals surface area (Å²) in [5.74, 6) is 0.402. The molecule has 0 saturated carbocycles. The monoisotopic (exact) mass is 366 g/mol. The number of likely N-dealkylation sites (tertiary alicyclic amines) is 1. The van der Waals surface area contributed by atoms with E-state index in [0.29, 0.717) is 55.8 Å². The van der Waals surface area contributed by atoms with Crippen molar-refractivity contribution < 1.29 is 14.3 Å². The van der Waals surface area contributed by atoms with Gasteiger partial charge in [-0.15, -0.1) is 0 Å². The zero-order chi connectivity index (χ0) is 18.1. The van der Waals surface area contributed by atoms with Crippen molar-refractivity contribution in [2.75, 3.05) is 32.8 Å². The highest BCUT2D eigenvalue weighted by Crippen LogP contribution is 2.24. The number of halogens is 1. The zero-order valence-corrected chi connectivity index (χ0v) is 15.6. The predicted molar refractivity (Wildman–Crippen MR) is 98.8 cm³/mol. The number of amides is 2. The molecule has 1 aromatic rings. The Balaban J connectivity index is 1.70. The molecule has 0 aliphatic carbocycles. The fourth-order valence-electron chi connectivity index (χ4n) is 3.03. The number of ether oxygens (including phenoxy) is 1. The minimum atomic E-state index is -0.0237. The average molecular weight is 367 g/mol. The number of carbonyl (C=O) groups excluding carboxylic acids is 2. The highest BCUT2D eigenvalue weighted by atomic mass is 35.5. The van der Waals surface area contributed by atoms with E-state index in [2.05, 4.69) is 5.32 Å². The van der Waals surface area contributed by atoms with Gasteiger partial charge in [0, 0.05) is 39.3 Å². The number of hydrogen-bond acceptors (Lipinski definition) is 3. The second-order valence-electron chi connectivity index (χ2n) is 6.32. The molecule has 0 aromatic heterocycles. The summed E-state index contributed by atoms with van der Waals surface area (Å²) in [5, 5.41) is 3.43. The first kappa shape index (κ1) is 19.7. The van der Waals surface area contributed by atoms with Gasteiger partial charge in [-0.2, -0.15) is 0 Å². The summed E-state index contributed by atoms with van der Waals surface area (Å²) in [6.07, 6.45) is 3.07. The van der Waals surface area contributed by atoms with E-state index in [4.69, 9.17) is 16.3 Å². The molecule has 0 unspecified atom stereocenters. The number of benzene rings is 1. The Morgan fingerprint density at radius 1 is 1.28 bits per heavy atom. The summed E-state index contributed by atoms with van der Waals surface area (Å²) in [5.41, 5.74) is 0.551. The second kappa shape index (κ2) is 10.4. The van der Waals surface area contributed by atoms with Gasteiger partial charge in [0.2, 0.25) is 5.91 Å². The summed E-state index contributed by atoms with van der Waals surface area (Å²) in [6, 6.07) is 7.13. The molecule has 0 radical (unpaired) electrons. The maximum atomic E-state index is 12.5. The highest BCUT2D eigenvalue weighted by Gasteiger charge is 2.25. The fraction of sp³-hybridized carbons (Fsp3) is 0.579. The van der Waals surface area contributed by atoms with E-state index in [9.17, 15) is 9.59 Å². The smallest absolute Gasteiger partial charge is 0.255 e. The van der Waals surface area contributed by atoms with E-state index in [1.165, 1.54) is 0 Å². The molecule has 1 aliphatic rings. The number of piperidine rings is 1. The van der Waals surface area contributed by atoms with Gasteiger partial charge in [-0.3, -0.25) is 9.59 Å². The Kier molecular flexibility index (Phi) is 8.22. The summed E-state index contributed by atoms with van der Waals surface area (Å²) in [6.45, 7) is 5.35. The number of rotatable bonds is 8. The van der Waals surface area contributed by atoms with Crippen LogP contribution in [0.15, 0.2) is 24.3 Å². The first-order valence-electron chi connectivity index (χ1n) is 9.00. The van der Waals surface area contributed by atoms with Crippen molar-refractivity contribution in [3.8, 4) is 0 Å². The van der Waals surface area contributed by atoms with Crippen molar-refractivity contribution in [3.63, 3.8) is 0 Å². The van der Waals surface area contributed by atoms with E-state index in [0.717, 1.165) is 19.3 Å². The summed E-state index contributed by atoms with van der Waals surface area (Å²) < 4.78 is 5.25. The molecule has 2 amide bonds. The van der Waals surface area contributed by atoms with Crippen LogP contribution in [0.25, 0.3) is 0 Å². The van der Waals surface area contributed by atoms with Crippen LogP contribution in [0, 0.1) is 5.92 Å². The lowest BCUT2D eigenvalue weighted by molar-refractivity contribution is -0.122. The van der Waals surface area contributed by atoms with Crippen LogP contribution in [-0.4, -0.2) is 49.6 Å². The molecule has 0 bridgehead atoms. The molecule has 1 saturated heterocycles. The van der Waals surface area contributed by atoms with Crippen molar-refractivity contribution in [1.82, 2.24) is 10.2 Å². The second-order valence-corrected chi connectivity index (χ2v) is 6.73. The van der Waals surface area contributed by atoms with E-state index in [-0.39, 0.29) is 11.8 Å². The molecule has 0 spiro atoms. The quantitative estimate of drug-likeness (QED) is 0.719. The van der Waals surface area contributed by atoms with E-state index < -0.39 is 0 Å². The Bertz CT molecular complexity index is 572. The average Bonchev–Trinajstić information content (AvgIpc) is 2.62. The molecule has 2 rings (SSSR count). The summed E-state index contributed by atoms with van der Waals surface area (Å²) >= 11 is 6.11. The standard InChI is InChI=1S/C19H27ClN2O3/c1-2-25-13-5-10-21-18(23)14-15-8-11-22(12-9-15)19(24)16-6-3-4-7-17(16)20/h3-4,6-7,15H,2,5,8-14H2,1H3,(H,21,23). The van der Waals surface area contributed by atoms with Gasteiger partial charge in [0.15, 0.2) is 0 Å². The Hall–Kier alpha value is -1.59. The molecule has 5 nitrogen and oxygen atoms in total. The van der Waals surface area contributed by atoms with Gasteiger partial charge in [-0.05, 0) is 44.2 Å². The van der Waals surface area contributed by atoms with E-state index in [1.54, 1.807) is 12.1 Å². The molecule has 1 fully saturated rings. The van der Waals surface area contributed by atoms with Crippen LogP contribution < -0.4 is 5.32 Å². The molecular weight excluding hydrogens is 340 g/mol. The number of carbonyl (C=O) groups is 2. The van der Waals surface area contributed by atoms with Gasteiger partial charge in [-0.25, -0.2) is 0 Å². The predicted octanol–water partition coefficient (Wildman–Crippen LogP) is 3.13. The van der Waals surface area contributed by atoms with Crippen molar-refractivity contribution in [2.24, 2.45) is 5.92 Å². The van der Waals surface area contributed by atoms with E-state index >= 15 is 0 Å². The van der Waals surface area contributed by atoms with Crippen LogP contribution in [-0.2, 0) is 9.53 Å². The summed E-state index contributed by atoms with van der Waals surface area (Å²) in [4.78, 5) is 26.3. The number of hydrogen-bond donors (Lipinski definition) is 1. The van der Waals surface area contributed by atoms with Crippen LogP contribution in [0.4, 0.5) is 0 Å². The van der Waals surface area contributed by atoms with Crippen molar-refractivity contribution in [1.29, 1.82) is 0 Å². The van der Waals surface area contributed by atoms with Crippen LogP contribution >= 0.6 is 11.6 Å². The molecule has 1 aromatic carbocycles. The number of nitrogens with one attached hydrogen (secondary N) is 1. The largest absolute Gasteiger partial charge is 0.382 e. The molecule has 0 atom stereocenters. The van der Waals surface area contributed by atoms with Crippen LogP contribution in [0.5, 0.6) is 0 Å². The third-order valence-corrected chi connectivity index (χ3v) is 4.80. The van der Waals surface area contributed by atoms with Crippen molar-refractivity contribution >= 4 is 23.4 Å². The van der Waals surface area contributed by atoms with Crippen LogP contribution in [0.1, 0.15) is 43.0 Å². The highest BCUT2D eigenvalue weighted by molar-refractivity contribution is 6.33. The van der Waals surface area contributed by atoms with Gasteiger partial charge in [-0.1, -0.05) is 23.7 Å². The van der Waals surface area contributed by atoms with Crippen LogP contribution in [0.2, 0.25) is 5.02 Å². The first-order chi connectivity index (χ1) is 12.1. The minimum Gasteiger partial charge on any atom is -0.382 e. The van der Waals surface area contributed by atoms with Crippen molar-refractivity contribution in [3.05, 3.63) is 34.9 Å². The first-order valence-corrected chi connectivity index (χ1v) is 9.37. The Labute approximate surface area is 154 Å². The fourth-order valence-corrected chi connectivity index (χ4v) is 3.24. The van der Waals surface area contributed by atoms with Gasteiger partial charge in [0.05, 0.1) is 10.6 Å². The van der Waals surface area contributed by atoms with Gasteiger partial charge < -0.3 is 15.0 Å². The topological polar surface area (TPSA) is 58.6 Å². The van der Waals surface area contributed by atoms with Gasteiger partial charge >= 0.3 is 0 Å². The van der Waals surface area contributed by atoms with Crippen molar-refractivity contribution in [2.45, 2.75) is 32.6 Å². The lowest BCUT2D eigenvalue weighted by Gasteiger charge is -2.32. The lowest BCUT2D eigenvalue weighted by Crippen LogP contribution is -2.39. The molecule has 1 N–H and O–H groups in total. The minimum absolute atomic E-state index is 0.0237. The molecule has 1 heterocycles. The molecule has 25 heavy (non-hydrogen) atoms. The molecular formula is C19H27ClN2O3. The van der Waals surface area contributed by atoms with Gasteiger partial charge in [0.1, 0.15) is 0 Å². The normalized spacial score (nSPS) is 15.2. The molecule has 138 valence electrons. The van der Waals surface area contributed by atoms with Gasteiger partial charge in [0.25, 0.3) is 5.91 Å². The SMILES string of the molecule is CCOCCCNC(=O)CC1CCN(C(=O)c2ccccc2Cl)CC1. The zero-order valence-electron chi connectivity index (χ0n) is 14.8. The van der Waals surface area contributed by atoms with Crippen LogP contribution in [0.3, 0.4) is 0 Å². The third kappa shape index (κ3) is 6.33. The Morgan fingerprint density at radius 2 is 2.00 bits per heavy atom. The van der Waals surface area contributed by atoms with E-state index in [1.807, 2.05) is 24.0 Å². The summed E-state index contributed by atoms with van der Waals surface area (Å²) in [7, 11) is 0. The molecule has 6 heteroatoms. The Morgan fingerprint density at radius 3 is 2.68 bits per heavy atom. The lowest BCUT2D eigenvalue weighted by atomic mass is 9.93.